The van der Waals surface area contributed by atoms with Gasteiger partial charge in [0.15, 0.2) is 0 Å². The van der Waals surface area contributed by atoms with Crippen LogP contribution in [0.3, 0.4) is 0 Å². The van der Waals surface area contributed by atoms with Crippen molar-refractivity contribution in [3.05, 3.63) is 78.4 Å². The van der Waals surface area contributed by atoms with Crippen LogP contribution in [0.15, 0.2) is 76.6 Å². The van der Waals surface area contributed by atoms with Crippen LogP contribution in [0, 0.1) is 5.82 Å². The molecule has 0 aliphatic heterocycles. The first-order valence-electron chi connectivity index (χ1n) is 8.11. The highest BCUT2D eigenvalue weighted by molar-refractivity contribution is 7.98. The molecule has 4 aromatic rings. The third kappa shape index (κ3) is 4.48. The average Bonchev–Trinajstić information content (AvgIpc) is 3.17. The van der Waals surface area contributed by atoms with E-state index >= 15 is 0 Å². The van der Waals surface area contributed by atoms with Crippen LogP contribution in [0.2, 0.25) is 0 Å². The zero-order valence-electron chi connectivity index (χ0n) is 14.0. The summed E-state index contributed by atoms with van der Waals surface area (Å²) in [6.45, 7) is 0. The summed E-state index contributed by atoms with van der Waals surface area (Å²) < 4.78 is 18.9. The van der Waals surface area contributed by atoms with Gasteiger partial charge in [-0.15, -0.1) is 10.2 Å². The standard InChI is InChI=1S/C19H14FN5OS/c20-15-5-3-4-13(10-15)12-27-19-25-24-18(26-19)14-7-9-22-17(11-14)23-16-6-1-2-8-21-16/h1-11H,12H2,(H,21,22,23). The van der Waals surface area contributed by atoms with Crippen molar-refractivity contribution in [2.24, 2.45) is 0 Å². The van der Waals surface area contributed by atoms with E-state index in [4.69, 9.17) is 4.42 Å². The molecule has 1 N–H and O–H groups in total. The number of halogens is 1. The van der Waals surface area contributed by atoms with Gasteiger partial charge in [0.1, 0.15) is 17.5 Å². The smallest absolute Gasteiger partial charge is 0.277 e. The summed E-state index contributed by atoms with van der Waals surface area (Å²) in [5.41, 5.74) is 1.60. The molecule has 0 aliphatic rings. The first-order valence-corrected chi connectivity index (χ1v) is 9.10. The van der Waals surface area contributed by atoms with Crippen molar-refractivity contribution >= 4 is 23.4 Å². The molecule has 0 aliphatic carbocycles. The maximum absolute atomic E-state index is 13.2. The number of nitrogens with zero attached hydrogens (tertiary/aromatic N) is 4. The second kappa shape index (κ2) is 7.96. The number of benzene rings is 1. The molecule has 0 saturated carbocycles. The Bertz CT molecular complexity index is 1040. The third-order valence-corrected chi connectivity index (χ3v) is 4.48. The largest absolute Gasteiger partial charge is 0.411 e. The maximum atomic E-state index is 13.2. The summed E-state index contributed by atoms with van der Waals surface area (Å²) in [6, 6.07) is 15.6. The first kappa shape index (κ1) is 17.2. The van der Waals surface area contributed by atoms with Crippen LogP contribution in [-0.4, -0.2) is 20.2 Å². The highest BCUT2D eigenvalue weighted by Crippen LogP contribution is 2.27. The highest BCUT2D eigenvalue weighted by Gasteiger charge is 2.11. The van der Waals surface area contributed by atoms with E-state index in [1.807, 2.05) is 30.3 Å². The van der Waals surface area contributed by atoms with E-state index in [0.29, 0.717) is 28.5 Å². The fraction of sp³-hybridized carbons (Fsp3) is 0.0526. The number of thioether (sulfide) groups is 1. The van der Waals surface area contributed by atoms with Crippen LogP contribution in [0.25, 0.3) is 11.5 Å². The number of aromatic nitrogens is 4. The molecule has 27 heavy (non-hydrogen) atoms. The van der Waals surface area contributed by atoms with Gasteiger partial charge in [0.2, 0.25) is 5.89 Å². The Morgan fingerprint density at radius 1 is 0.926 bits per heavy atom. The Balaban J connectivity index is 1.45. The molecule has 0 unspecified atom stereocenters. The highest BCUT2D eigenvalue weighted by atomic mass is 32.2. The number of rotatable bonds is 6. The lowest BCUT2D eigenvalue weighted by atomic mass is 10.2. The maximum Gasteiger partial charge on any atom is 0.277 e. The second-order valence-corrected chi connectivity index (χ2v) is 6.49. The quantitative estimate of drug-likeness (QED) is 0.487. The van der Waals surface area contributed by atoms with Crippen LogP contribution in [0.1, 0.15) is 5.56 Å². The Kier molecular flexibility index (Phi) is 5.06. The number of pyridine rings is 2. The average molecular weight is 379 g/mol. The van der Waals surface area contributed by atoms with Crippen LogP contribution >= 0.6 is 11.8 Å². The molecular formula is C19H14FN5OS. The van der Waals surface area contributed by atoms with Gasteiger partial charge in [-0.2, -0.15) is 0 Å². The van der Waals surface area contributed by atoms with Gasteiger partial charge in [0, 0.05) is 23.7 Å². The van der Waals surface area contributed by atoms with Gasteiger partial charge in [0.05, 0.1) is 0 Å². The second-order valence-electron chi connectivity index (χ2n) is 5.56. The number of hydrogen-bond donors (Lipinski definition) is 1. The molecule has 4 rings (SSSR count). The number of hydrogen-bond acceptors (Lipinski definition) is 7. The molecular weight excluding hydrogens is 365 g/mol. The van der Waals surface area contributed by atoms with Crippen LogP contribution in [0.4, 0.5) is 16.0 Å². The zero-order valence-corrected chi connectivity index (χ0v) is 14.9. The number of anilines is 2. The molecule has 0 spiro atoms. The minimum atomic E-state index is -0.260. The minimum absolute atomic E-state index is 0.260. The van der Waals surface area contributed by atoms with Crippen molar-refractivity contribution in [3.8, 4) is 11.5 Å². The van der Waals surface area contributed by atoms with E-state index in [-0.39, 0.29) is 5.82 Å². The molecule has 8 heteroatoms. The minimum Gasteiger partial charge on any atom is -0.411 e. The van der Waals surface area contributed by atoms with E-state index in [0.717, 1.165) is 11.1 Å². The lowest BCUT2D eigenvalue weighted by molar-refractivity contribution is 0.466. The predicted molar refractivity (Wildman–Crippen MR) is 101 cm³/mol. The lowest BCUT2D eigenvalue weighted by Crippen LogP contribution is -1.95. The van der Waals surface area contributed by atoms with Crippen molar-refractivity contribution in [3.63, 3.8) is 0 Å². The SMILES string of the molecule is Fc1cccc(CSc2nnc(-c3ccnc(Nc4ccccn4)c3)o2)c1. The van der Waals surface area contributed by atoms with Gasteiger partial charge >= 0.3 is 0 Å². The molecule has 0 amide bonds. The van der Waals surface area contributed by atoms with Gasteiger partial charge in [-0.3, -0.25) is 0 Å². The first-order chi connectivity index (χ1) is 13.3. The summed E-state index contributed by atoms with van der Waals surface area (Å²) in [6.07, 6.45) is 3.36. The van der Waals surface area contributed by atoms with E-state index in [1.165, 1.54) is 23.9 Å². The summed E-state index contributed by atoms with van der Waals surface area (Å²) in [4.78, 5) is 8.48. The molecule has 0 atom stereocenters. The molecule has 3 heterocycles. The van der Waals surface area contributed by atoms with Gasteiger partial charge < -0.3 is 9.73 Å². The van der Waals surface area contributed by atoms with Crippen molar-refractivity contribution in [1.29, 1.82) is 0 Å². The molecule has 6 nitrogen and oxygen atoms in total. The topological polar surface area (TPSA) is 76.7 Å². The normalized spacial score (nSPS) is 10.7. The molecule has 0 saturated heterocycles. The summed E-state index contributed by atoms with van der Waals surface area (Å²) in [5.74, 6) is 1.99. The van der Waals surface area contributed by atoms with Crippen LogP contribution in [-0.2, 0) is 5.75 Å². The molecule has 0 radical (unpaired) electrons. The van der Waals surface area contributed by atoms with E-state index < -0.39 is 0 Å². The van der Waals surface area contributed by atoms with Gasteiger partial charge in [-0.1, -0.05) is 30.0 Å². The fourth-order valence-corrected chi connectivity index (χ4v) is 3.06. The monoisotopic (exact) mass is 379 g/mol. The Labute approximate surface area is 158 Å². The Hall–Kier alpha value is -3.26. The van der Waals surface area contributed by atoms with Gasteiger partial charge in [-0.05, 0) is 42.0 Å². The van der Waals surface area contributed by atoms with Gasteiger partial charge in [-0.25, -0.2) is 14.4 Å². The van der Waals surface area contributed by atoms with Crippen molar-refractivity contribution in [2.75, 3.05) is 5.32 Å². The molecule has 3 aromatic heterocycles. The number of nitrogens with one attached hydrogen (secondary N) is 1. The summed E-state index contributed by atoms with van der Waals surface area (Å²) >= 11 is 1.36. The van der Waals surface area contributed by atoms with Gasteiger partial charge in [0.25, 0.3) is 5.22 Å². The Morgan fingerprint density at radius 2 is 1.85 bits per heavy atom. The van der Waals surface area contributed by atoms with Crippen molar-refractivity contribution < 1.29 is 8.81 Å². The lowest BCUT2D eigenvalue weighted by Gasteiger charge is -2.04. The summed E-state index contributed by atoms with van der Waals surface area (Å²) in [5, 5.41) is 11.7. The van der Waals surface area contributed by atoms with Crippen LogP contribution in [0.5, 0.6) is 0 Å². The van der Waals surface area contributed by atoms with E-state index in [2.05, 4.69) is 25.5 Å². The molecule has 134 valence electrons. The Morgan fingerprint density at radius 3 is 2.70 bits per heavy atom. The summed E-state index contributed by atoms with van der Waals surface area (Å²) in [7, 11) is 0. The molecule has 1 aromatic carbocycles. The van der Waals surface area contributed by atoms with E-state index in [1.54, 1.807) is 24.5 Å². The zero-order chi connectivity index (χ0) is 18.5. The van der Waals surface area contributed by atoms with Crippen LogP contribution < -0.4 is 5.32 Å². The van der Waals surface area contributed by atoms with E-state index in [9.17, 15) is 4.39 Å². The van der Waals surface area contributed by atoms with Crippen molar-refractivity contribution in [2.45, 2.75) is 11.0 Å². The third-order valence-electron chi connectivity index (χ3n) is 3.59. The fourth-order valence-electron chi connectivity index (χ4n) is 2.36. The molecule has 0 fully saturated rings. The predicted octanol–water partition coefficient (Wildman–Crippen LogP) is 4.70. The van der Waals surface area contributed by atoms with Crippen molar-refractivity contribution in [1.82, 2.24) is 20.2 Å². The molecule has 0 bridgehead atoms.